The minimum absolute atomic E-state index is 0.0561. The van der Waals surface area contributed by atoms with Gasteiger partial charge in [-0.15, -0.1) is 5.10 Å². The SMILES string of the molecule is O=C(c1nnn(-c2ccccc2)c1C1CC1)N1CCC(CCc2ccccc2)CC1. The Morgan fingerprint density at radius 2 is 1.57 bits per heavy atom. The van der Waals surface area contributed by atoms with Gasteiger partial charge in [-0.05, 0) is 62.1 Å². The van der Waals surface area contributed by atoms with E-state index in [0.717, 1.165) is 56.6 Å². The lowest BCUT2D eigenvalue weighted by Crippen LogP contribution is -2.39. The number of rotatable bonds is 6. The van der Waals surface area contributed by atoms with Gasteiger partial charge in [-0.2, -0.15) is 0 Å². The lowest BCUT2D eigenvalue weighted by molar-refractivity contribution is 0.0679. The highest BCUT2D eigenvalue weighted by molar-refractivity contribution is 5.93. The first kappa shape index (κ1) is 19.0. The van der Waals surface area contributed by atoms with Crippen molar-refractivity contribution in [2.24, 2.45) is 5.92 Å². The van der Waals surface area contributed by atoms with Gasteiger partial charge in [0, 0.05) is 19.0 Å². The summed E-state index contributed by atoms with van der Waals surface area (Å²) < 4.78 is 1.87. The molecule has 3 aromatic rings. The standard InChI is InChI=1S/C25H28N4O/c30-25(28-17-15-20(16-18-28)12-11-19-7-3-1-4-8-19)23-24(21-13-14-21)29(27-26-23)22-9-5-2-6-10-22/h1-10,20-21H,11-18H2. The van der Waals surface area contributed by atoms with Gasteiger partial charge < -0.3 is 4.90 Å². The van der Waals surface area contributed by atoms with Crippen LogP contribution in [0.1, 0.15) is 59.8 Å². The van der Waals surface area contributed by atoms with Gasteiger partial charge in [-0.25, -0.2) is 4.68 Å². The first-order valence-corrected chi connectivity index (χ1v) is 11.1. The van der Waals surface area contributed by atoms with Crippen molar-refractivity contribution in [2.75, 3.05) is 13.1 Å². The number of hydrogen-bond donors (Lipinski definition) is 0. The molecule has 30 heavy (non-hydrogen) atoms. The Morgan fingerprint density at radius 1 is 0.900 bits per heavy atom. The van der Waals surface area contributed by atoms with E-state index in [1.165, 1.54) is 12.0 Å². The number of carbonyl (C=O) groups is 1. The molecular formula is C25H28N4O. The Bertz CT molecular complexity index is 987. The van der Waals surface area contributed by atoms with Crippen molar-refractivity contribution in [2.45, 2.75) is 44.4 Å². The quantitative estimate of drug-likeness (QED) is 0.606. The highest BCUT2D eigenvalue weighted by atomic mass is 16.2. The summed E-state index contributed by atoms with van der Waals surface area (Å²) in [6.45, 7) is 1.64. The molecule has 0 unspecified atom stereocenters. The maximum Gasteiger partial charge on any atom is 0.276 e. The fourth-order valence-electron chi connectivity index (χ4n) is 4.51. The van der Waals surface area contributed by atoms with Crippen LogP contribution in [0.2, 0.25) is 0 Å². The molecule has 2 aromatic carbocycles. The molecule has 0 spiro atoms. The maximum atomic E-state index is 13.3. The molecule has 0 bridgehead atoms. The van der Waals surface area contributed by atoms with E-state index in [1.807, 2.05) is 39.9 Å². The minimum Gasteiger partial charge on any atom is -0.337 e. The van der Waals surface area contributed by atoms with Gasteiger partial charge in [0.1, 0.15) is 0 Å². The van der Waals surface area contributed by atoms with Crippen molar-refractivity contribution < 1.29 is 4.79 Å². The van der Waals surface area contributed by atoms with Crippen LogP contribution in [0.5, 0.6) is 0 Å². The summed E-state index contributed by atoms with van der Waals surface area (Å²) in [5.74, 6) is 1.15. The Morgan fingerprint density at radius 3 is 2.23 bits per heavy atom. The Labute approximate surface area is 177 Å². The number of aromatic nitrogens is 3. The Hall–Kier alpha value is -2.95. The number of piperidine rings is 1. The second-order valence-electron chi connectivity index (χ2n) is 8.60. The first-order valence-electron chi connectivity index (χ1n) is 11.1. The fraction of sp³-hybridized carbons (Fsp3) is 0.400. The van der Waals surface area contributed by atoms with E-state index in [0.29, 0.717) is 17.5 Å². The molecule has 0 N–H and O–H groups in total. The number of carbonyl (C=O) groups excluding carboxylic acids is 1. The average Bonchev–Trinajstić information content (AvgIpc) is 3.56. The zero-order valence-corrected chi connectivity index (χ0v) is 17.3. The highest BCUT2D eigenvalue weighted by Crippen LogP contribution is 2.42. The summed E-state index contributed by atoms with van der Waals surface area (Å²) in [5, 5.41) is 8.71. The van der Waals surface area contributed by atoms with E-state index in [1.54, 1.807) is 0 Å². The number of benzene rings is 2. The predicted octanol–water partition coefficient (Wildman–Crippen LogP) is 4.63. The van der Waals surface area contributed by atoms with Gasteiger partial charge in [0.15, 0.2) is 5.69 Å². The number of para-hydroxylation sites is 1. The largest absolute Gasteiger partial charge is 0.337 e. The van der Waals surface area contributed by atoms with Gasteiger partial charge in [0.25, 0.3) is 5.91 Å². The van der Waals surface area contributed by atoms with E-state index >= 15 is 0 Å². The molecule has 1 aliphatic heterocycles. The first-order chi connectivity index (χ1) is 14.8. The lowest BCUT2D eigenvalue weighted by atomic mass is 9.90. The van der Waals surface area contributed by atoms with Crippen molar-refractivity contribution in [3.05, 3.63) is 77.6 Å². The van der Waals surface area contributed by atoms with Crippen LogP contribution >= 0.6 is 0 Å². The molecule has 2 heterocycles. The van der Waals surface area contributed by atoms with E-state index in [9.17, 15) is 4.79 Å². The van der Waals surface area contributed by atoms with Gasteiger partial charge >= 0.3 is 0 Å². The van der Waals surface area contributed by atoms with E-state index in [2.05, 4.69) is 40.6 Å². The number of nitrogens with zero attached hydrogens (tertiary/aromatic N) is 4. The van der Waals surface area contributed by atoms with Crippen molar-refractivity contribution >= 4 is 5.91 Å². The normalized spacial score (nSPS) is 17.3. The van der Waals surface area contributed by atoms with Crippen LogP contribution in [-0.2, 0) is 6.42 Å². The molecule has 2 aliphatic rings. The fourth-order valence-corrected chi connectivity index (χ4v) is 4.51. The van der Waals surface area contributed by atoms with E-state index in [-0.39, 0.29) is 5.91 Å². The molecule has 1 aromatic heterocycles. The second kappa shape index (κ2) is 8.42. The number of aryl methyl sites for hydroxylation is 1. The number of hydrogen-bond acceptors (Lipinski definition) is 3. The van der Waals surface area contributed by atoms with Crippen molar-refractivity contribution in [1.82, 2.24) is 19.9 Å². The van der Waals surface area contributed by atoms with Crippen LogP contribution in [0.4, 0.5) is 0 Å². The van der Waals surface area contributed by atoms with Crippen molar-refractivity contribution in [3.8, 4) is 5.69 Å². The summed E-state index contributed by atoms with van der Waals surface area (Å²) >= 11 is 0. The van der Waals surface area contributed by atoms with Gasteiger partial charge in [-0.3, -0.25) is 4.79 Å². The molecule has 0 atom stereocenters. The van der Waals surface area contributed by atoms with Crippen molar-refractivity contribution in [3.63, 3.8) is 0 Å². The summed E-state index contributed by atoms with van der Waals surface area (Å²) in [5.41, 5.74) is 3.94. The third kappa shape index (κ3) is 4.02. The second-order valence-corrected chi connectivity index (χ2v) is 8.60. The van der Waals surface area contributed by atoms with Gasteiger partial charge in [0.05, 0.1) is 11.4 Å². The molecule has 5 rings (SSSR count). The predicted molar refractivity (Wildman–Crippen MR) is 117 cm³/mol. The van der Waals surface area contributed by atoms with Crippen LogP contribution in [0, 0.1) is 5.92 Å². The Kier molecular flexibility index (Phi) is 5.35. The monoisotopic (exact) mass is 400 g/mol. The van der Waals surface area contributed by atoms with Crippen LogP contribution < -0.4 is 0 Å². The van der Waals surface area contributed by atoms with E-state index in [4.69, 9.17) is 0 Å². The number of likely N-dealkylation sites (tertiary alicyclic amines) is 1. The summed E-state index contributed by atoms with van der Waals surface area (Å²) in [6, 6.07) is 20.7. The van der Waals surface area contributed by atoms with Crippen LogP contribution in [0.25, 0.3) is 5.69 Å². The molecule has 1 aliphatic carbocycles. The van der Waals surface area contributed by atoms with Crippen LogP contribution in [0.15, 0.2) is 60.7 Å². The zero-order chi connectivity index (χ0) is 20.3. The minimum atomic E-state index is 0.0561. The summed E-state index contributed by atoms with van der Waals surface area (Å²) in [6.07, 6.45) is 6.69. The van der Waals surface area contributed by atoms with Gasteiger partial charge in [-0.1, -0.05) is 53.7 Å². The third-order valence-corrected chi connectivity index (χ3v) is 6.46. The third-order valence-electron chi connectivity index (χ3n) is 6.46. The average molecular weight is 401 g/mol. The molecule has 1 saturated carbocycles. The number of amides is 1. The molecular weight excluding hydrogens is 372 g/mol. The molecule has 5 heteroatoms. The summed E-state index contributed by atoms with van der Waals surface area (Å²) in [7, 11) is 0. The topological polar surface area (TPSA) is 51.0 Å². The van der Waals surface area contributed by atoms with Gasteiger partial charge in [0.2, 0.25) is 0 Å². The van der Waals surface area contributed by atoms with Crippen LogP contribution in [-0.4, -0.2) is 38.9 Å². The highest BCUT2D eigenvalue weighted by Gasteiger charge is 2.36. The zero-order valence-electron chi connectivity index (χ0n) is 17.3. The maximum absolute atomic E-state index is 13.3. The molecule has 0 radical (unpaired) electrons. The molecule has 154 valence electrons. The van der Waals surface area contributed by atoms with E-state index < -0.39 is 0 Å². The Balaban J connectivity index is 1.24. The molecule has 2 fully saturated rings. The summed E-state index contributed by atoms with van der Waals surface area (Å²) in [4.78, 5) is 15.3. The lowest BCUT2D eigenvalue weighted by Gasteiger charge is -2.31. The molecule has 1 saturated heterocycles. The molecule has 5 nitrogen and oxygen atoms in total. The van der Waals surface area contributed by atoms with Crippen molar-refractivity contribution in [1.29, 1.82) is 0 Å². The smallest absolute Gasteiger partial charge is 0.276 e. The molecule has 1 amide bonds. The van der Waals surface area contributed by atoms with Crippen LogP contribution in [0.3, 0.4) is 0 Å².